The SMILES string of the molecule is CCCCCCCC(C)NC(C)c1cnn(C)c1C. The van der Waals surface area contributed by atoms with Gasteiger partial charge >= 0.3 is 0 Å². The maximum Gasteiger partial charge on any atom is 0.0540 e. The van der Waals surface area contributed by atoms with E-state index in [0.717, 1.165) is 0 Å². The second-order valence-electron chi connectivity index (χ2n) is 5.80. The molecule has 19 heavy (non-hydrogen) atoms. The number of hydrogen-bond donors (Lipinski definition) is 1. The largest absolute Gasteiger partial charge is 0.308 e. The monoisotopic (exact) mass is 265 g/mol. The zero-order valence-corrected chi connectivity index (χ0v) is 13.4. The van der Waals surface area contributed by atoms with Gasteiger partial charge in [0.15, 0.2) is 0 Å². The van der Waals surface area contributed by atoms with Crippen LogP contribution in [0, 0.1) is 6.92 Å². The van der Waals surface area contributed by atoms with Crippen molar-refractivity contribution < 1.29 is 0 Å². The Morgan fingerprint density at radius 2 is 1.89 bits per heavy atom. The highest BCUT2D eigenvalue weighted by Gasteiger charge is 2.13. The van der Waals surface area contributed by atoms with Crippen LogP contribution in [0.5, 0.6) is 0 Å². The summed E-state index contributed by atoms with van der Waals surface area (Å²) in [7, 11) is 2.00. The van der Waals surface area contributed by atoms with Gasteiger partial charge in [0.25, 0.3) is 0 Å². The van der Waals surface area contributed by atoms with Crippen LogP contribution in [0.3, 0.4) is 0 Å². The molecule has 1 rings (SSSR count). The number of hydrogen-bond acceptors (Lipinski definition) is 2. The minimum absolute atomic E-state index is 0.388. The van der Waals surface area contributed by atoms with E-state index in [4.69, 9.17) is 0 Å². The van der Waals surface area contributed by atoms with Crippen LogP contribution >= 0.6 is 0 Å². The summed E-state index contributed by atoms with van der Waals surface area (Å²) in [6.45, 7) is 8.93. The molecular formula is C16H31N3. The number of nitrogens with zero attached hydrogens (tertiary/aromatic N) is 2. The van der Waals surface area contributed by atoms with Crippen molar-refractivity contribution in [2.24, 2.45) is 7.05 Å². The Morgan fingerprint density at radius 1 is 1.21 bits per heavy atom. The molecule has 2 atom stereocenters. The molecule has 0 aliphatic heterocycles. The molecule has 1 aromatic rings. The fraction of sp³-hybridized carbons (Fsp3) is 0.812. The third kappa shape index (κ3) is 5.35. The minimum Gasteiger partial charge on any atom is -0.308 e. The van der Waals surface area contributed by atoms with E-state index in [1.54, 1.807) is 0 Å². The lowest BCUT2D eigenvalue weighted by atomic mass is 10.0. The third-order valence-electron chi connectivity index (χ3n) is 4.01. The molecule has 0 aliphatic carbocycles. The van der Waals surface area contributed by atoms with Crippen LogP contribution in [0.1, 0.15) is 76.6 Å². The Bertz CT molecular complexity index is 357. The maximum atomic E-state index is 4.32. The highest BCUT2D eigenvalue weighted by molar-refractivity contribution is 5.19. The minimum atomic E-state index is 0.388. The second kappa shape index (κ2) is 8.36. The first-order chi connectivity index (χ1) is 9.06. The topological polar surface area (TPSA) is 29.9 Å². The van der Waals surface area contributed by atoms with Crippen LogP contribution in [0.2, 0.25) is 0 Å². The van der Waals surface area contributed by atoms with Crippen molar-refractivity contribution in [3.05, 3.63) is 17.5 Å². The van der Waals surface area contributed by atoms with Crippen molar-refractivity contribution in [3.8, 4) is 0 Å². The van der Waals surface area contributed by atoms with E-state index in [1.165, 1.54) is 49.8 Å². The first-order valence-electron chi connectivity index (χ1n) is 7.80. The lowest BCUT2D eigenvalue weighted by Crippen LogP contribution is -2.29. The molecule has 1 N–H and O–H groups in total. The lowest BCUT2D eigenvalue weighted by molar-refractivity contribution is 0.435. The van der Waals surface area contributed by atoms with Gasteiger partial charge in [-0.3, -0.25) is 4.68 Å². The molecule has 0 bridgehead atoms. The molecule has 2 unspecified atom stereocenters. The van der Waals surface area contributed by atoms with E-state index >= 15 is 0 Å². The molecule has 0 saturated heterocycles. The Kier molecular flexibility index (Phi) is 7.14. The molecule has 0 aromatic carbocycles. The van der Waals surface area contributed by atoms with E-state index in [-0.39, 0.29) is 0 Å². The molecule has 1 heterocycles. The summed E-state index contributed by atoms with van der Waals surface area (Å²) in [5, 5.41) is 8.00. The number of rotatable bonds is 9. The molecule has 3 heteroatoms. The van der Waals surface area contributed by atoms with E-state index in [9.17, 15) is 0 Å². The molecular weight excluding hydrogens is 234 g/mol. The third-order valence-corrected chi connectivity index (χ3v) is 4.01. The van der Waals surface area contributed by atoms with E-state index in [0.29, 0.717) is 12.1 Å². The summed E-state index contributed by atoms with van der Waals surface area (Å²) in [6.07, 6.45) is 10.1. The summed E-state index contributed by atoms with van der Waals surface area (Å²) in [5.74, 6) is 0. The summed E-state index contributed by atoms with van der Waals surface area (Å²) in [6, 6.07) is 0.968. The van der Waals surface area contributed by atoms with E-state index in [2.05, 4.69) is 38.1 Å². The molecule has 110 valence electrons. The van der Waals surface area contributed by atoms with Gasteiger partial charge in [0, 0.05) is 30.4 Å². The fourth-order valence-electron chi connectivity index (χ4n) is 2.59. The van der Waals surface area contributed by atoms with Gasteiger partial charge in [-0.05, 0) is 27.2 Å². The molecule has 0 amide bonds. The normalized spacial score (nSPS) is 14.6. The van der Waals surface area contributed by atoms with Crippen LogP contribution < -0.4 is 5.32 Å². The van der Waals surface area contributed by atoms with Gasteiger partial charge in [0.1, 0.15) is 0 Å². The van der Waals surface area contributed by atoms with Crippen molar-refractivity contribution in [2.45, 2.75) is 78.3 Å². The van der Waals surface area contributed by atoms with E-state index < -0.39 is 0 Å². The average molecular weight is 265 g/mol. The van der Waals surface area contributed by atoms with Crippen LogP contribution in [-0.2, 0) is 7.05 Å². The molecule has 3 nitrogen and oxygen atoms in total. The number of unbranched alkanes of at least 4 members (excludes halogenated alkanes) is 4. The number of aromatic nitrogens is 2. The summed E-state index contributed by atoms with van der Waals surface area (Å²) in [4.78, 5) is 0. The number of nitrogens with one attached hydrogen (secondary N) is 1. The van der Waals surface area contributed by atoms with Gasteiger partial charge in [-0.2, -0.15) is 5.10 Å². The zero-order chi connectivity index (χ0) is 14.3. The van der Waals surface area contributed by atoms with Crippen molar-refractivity contribution in [3.63, 3.8) is 0 Å². The summed E-state index contributed by atoms with van der Waals surface area (Å²) < 4.78 is 1.95. The Balaban J connectivity index is 2.28. The van der Waals surface area contributed by atoms with Crippen LogP contribution in [0.15, 0.2) is 6.20 Å². The maximum absolute atomic E-state index is 4.32. The smallest absolute Gasteiger partial charge is 0.0540 e. The van der Waals surface area contributed by atoms with Crippen LogP contribution in [-0.4, -0.2) is 15.8 Å². The molecule has 0 fully saturated rings. The van der Waals surface area contributed by atoms with Gasteiger partial charge in [-0.1, -0.05) is 39.0 Å². The number of aryl methyl sites for hydroxylation is 1. The second-order valence-corrected chi connectivity index (χ2v) is 5.80. The molecule has 0 saturated carbocycles. The Labute approximate surface area is 118 Å². The van der Waals surface area contributed by atoms with Crippen molar-refractivity contribution in [1.82, 2.24) is 15.1 Å². The van der Waals surface area contributed by atoms with Gasteiger partial charge in [0.05, 0.1) is 6.20 Å². The summed E-state index contributed by atoms with van der Waals surface area (Å²) >= 11 is 0. The zero-order valence-electron chi connectivity index (χ0n) is 13.4. The van der Waals surface area contributed by atoms with Crippen molar-refractivity contribution in [2.75, 3.05) is 0 Å². The Hall–Kier alpha value is -0.830. The highest BCUT2D eigenvalue weighted by Crippen LogP contribution is 2.17. The van der Waals surface area contributed by atoms with Crippen LogP contribution in [0.4, 0.5) is 0 Å². The van der Waals surface area contributed by atoms with Crippen molar-refractivity contribution >= 4 is 0 Å². The molecule has 0 spiro atoms. The van der Waals surface area contributed by atoms with Gasteiger partial charge < -0.3 is 5.32 Å². The Morgan fingerprint density at radius 3 is 2.47 bits per heavy atom. The van der Waals surface area contributed by atoms with E-state index in [1.807, 2.05) is 17.9 Å². The first-order valence-corrected chi connectivity index (χ1v) is 7.80. The van der Waals surface area contributed by atoms with Gasteiger partial charge in [-0.15, -0.1) is 0 Å². The van der Waals surface area contributed by atoms with Crippen molar-refractivity contribution in [1.29, 1.82) is 0 Å². The molecule has 0 radical (unpaired) electrons. The highest BCUT2D eigenvalue weighted by atomic mass is 15.3. The lowest BCUT2D eigenvalue weighted by Gasteiger charge is -2.20. The molecule has 1 aromatic heterocycles. The summed E-state index contributed by atoms with van der Waals surface area (Å²) in [5.41, 5.74) is 2.58. The predicted molar refractivity (Wildman–Crippen MR) is 82.3 cm³/mol. The van der Waals surface area contributed by atoms with Crippen LogP contribution in [0.25, 0.3) is 0 Å². The van der Waals surface area contributed by atoms with Gasteiger partial charge in [0.2, 0.25) is 0 Å². The standard InChI is InChI=1S/C16H31N3/c1-6-7-8-9-10-11-13(2)18-14(3)16-12-17-19(5)15(16)4/h12-14,18H,6-11H2,1-5H3. The molecule has 0 aliphatic rings. The predicted octanol–water partition coefficient (Wildman–Crippen LogP) is 4.13. The fourth-order valence-corrected chi connectivity index (χ4v) is 2.59. The average Bonchev–Trinajstić information content (AvgIpc) is 2.70. The quantitative estimate of drug-likeness (QED) is 0.680. The first kappa shape index (κ1) is 16.2. The van der Waals surface area contributed by atoms with Gasteiger partial charge in [-0.25, -0.2) is 0 Å².